The second-order valence-corrected chi connectivity index (χ2v) is 6.03. The molecule has 0 saturated heterocycles. The van der Waals surface area contributed by atoms with Gasteiger partial charge in [0.2, 0.25) is 5.89 Å². The summed E-state index contributed by atoms with van der Waals surface area (Å²) in [6.07, 6.45) is 1.22. The van der Waals surface area contributed by atoms with Gasteiger partial charge in [-0.05, 0) is 12.5 Å². The quantitative estimate of drug-likeness (QED) is 0.616. The van der Waals surface area contributed by atoms with Crippen LogP contribution in [0.1, 0.15) is 24.8 Å². The van der Waals surface area contributed by atoms with Crippen LogP contribution in [0.25, 0.3) is 0 Å². The summed E-state index contributed by atoms with van der Waals surface area (Å²) >= 11 is 0. The predicted octanol–water partition coefficient (Wildman–Crippen LogP) is 1.60. The highest BCUT2D eigenvalue weighted by molar-refractivity contribution is 7.92. The maximum Gasteiger partial charge on any atom is 0.329 e. The molecular weight excluding hydrogens is 326 g/mol. The summed E-state index contributed by atoms with van der Waals surface area (Å²) in [5, 5.41) is 27.1. The zero-order valence-corrected chi connectivity index (χ0v) is 12.7. The predicted molar refractivity (Wildman–Crippen MR) is 76.9 cm³/mol. The van der Waals surface area contributed by atoms with Gasteiger partial charge in [-0.15, -0.1) is 5.10 Å². The van der Waals surface area contributed by atoms with Gasteiger partial charge in [-0.1, -0.05) is 18.1 Å². The molecule has 1 aromatic heterocycles. The largest absolute Gasteiger partial charge is 0.407 e. The van der Waals surface area contributed by atoms with Crippen LogP contribution < -0.4 is 4.72 Å². The number of nitrogens with one attached hydrogen (secondary N) is 1. The molecule has 2 rings (SSSR count). The summed E-state index contributed by atoms with van der Waals surface area (Å²) in [6, 6.07) is 4.46. The Bertz CT molecular complexity index is 883. The number of hydrogen-bond acceptors (Lipinski definition) is 8. The molecule has 2 aromatic rings. The minimum atomic E-state index is -4.29. The van der Waals surface area contributed by atoms with E-state index >= 15 is 0 Å². The van der Waals surface area contributed by atoms with Crippen LogP contribution in [0.15, 0.2) is 27.5 Å². The molecule has 0 atom stereocenters. The summed E-state index contributed by atoms with van der Waals surface area (Å²) in [5.74, 6) is 0.254. The van der Waals surface area contributed by atoms with Crippen molar-refractivity contribution in [1.29, 1.82) is 5.26 Å². The summed E-state index contributed by atoms with van der Waals surface area (Å²) < 4.78 is 31.7. The lowest BCUT2D eigenvalue weighted by atomic mass is 10.2. The highest BCUT2D eigenvalue weighted by atomic mass is 32.2. The highest BCUT2D eigenvalue weighted by Gasteiger charge is 2.27. The molecule has 10 nitrogen and oxygen atoms in total. The van der Waals surface area contributed by atoms with Gasteiger partial charge in [0, 0.05) is 12.5 Å². The summed E-state index contributed by atoms with van der Waals surface area (Å²) in [7, 11) is -4.29. The van der Waals surface area contributed by atoms with Gasteiger partial charge in [0.05, 0.1) is 4.92 Å². The molecule has 0 fully saturated rings. The van der Waals surface area contributed by atoms with E-state index in [2.05, 4.69) is 10.2 Å². The molecule has 0 spiro atoms. The molecule has 120 valence electrons. The molecule has 1 heterocycles. The molecule has 0 aliphatic heterocycles. The Balaban J connectivity index is 2.42. The van der Waals surface area contributed by atoms with Gasteiger partial charge >= 0.3 is 6.01 Å². The lowest BCUT2D eigenvalue weighted by Crippen LogP contribution is -2.15. The number of nitro benzene ring substituents is 1. The molecule has 0 saturated carbocycles. The lowest BCUT2D eigenvalue weighted by Gasteiger charge is -2.06. The molecule has 11 heteroatoms. The molecule has 1 N–H and O–H groups in total. The lowest BCUT2D eigenvalue weighted by molar-refractivity contribution is -0.385. The minimum absolute atomic E-state index is 0.254. The zero-order chi connectivity index (χ0) is 17.0. The topological polar surface area (TPSA) is 152 Å². The molecule has 1 aromatic carbocycles. The van der Waals surface area contributed by atoms with Crippen molar-refractivity contribution in [2.75, 3.05) is 4.72 Å². The van der Waals surface area contributed by atoms with Crippen LogP contribution in [0.3, 0.4) is 0 Å². The van der Waals surface area contributed by atoms with Gasteiger partial charge in [0.25, 0.3) is 15.7 Å². The Kier molecular flexibility index (Phi) is 4.56. The van der Waals surface area contributed by atoms with E-state index in [9.17, 15) is 18.5 Å². The Morgan fingerprint density at radius 3 is 2.78 bits per heavy atom. The van der Waals surface area contributed by atoms with E-state index in [0.29, 0.717) is 6.42 Å². The van der Waals surface area contributed by atoms with E-state index in [1.54, 1.807) is 0 Å². The molecule has 0 unspecified atom stereocenters. The monoisotopic (exact) mass is 337 g/mol. The number of rotatable bonds is 6. The first-order valence-corrected chi connectivity index (χ1v) is 7.90. The third-order valence-corrected chi connectivity index (χ3v) is 4.12. The molecule has 0 radical (unpaired) electrons. The summed E-state index contributed by atoms with van der Waals surface area (Å²) in [6.45, 7) is 1.89. The maximum atomic E-state index is 12.3. The SMILES string of the molecule is CCCc1nnc(NS(=O)(=O)c2cccc([N+](=O)[O-])c2C#N)o1. The number of nitriles is 1. The zero-order valence-electron chi connectivity index (χ0n) is 11.9. The van der Waals surface area contributed by atoms with Gasteiger partial charge in [-0.3, -0.25) is 10.1 Å². The molecule has 23 heavy (non-hydrogen) atoms. The van der Waals surface area contributed by atoms with Crippen molar-refractivity contribution in [2.24, 2.45) is 0 Å². The van der Waals surface area contributed by atoms with Gasteiger partial charge in [-0.25, -0.2) is 13.1 Å². The van der Waals surface area contributed by atoms with Crippen LogP contribution in [0.4, 0.5) is 11.7 Å². The fourth-order valence-electron chi connectivity index (χ4n) is 1.79. The standard InChI is InChI=1S/C12H11N5O5S/c1-2-4-11-14-15-12(22-11)16-23(20,21)10-6-3-5-9(17(18)19)8(10)7-13/h3,5-6H,2,4H2,1H3,(H,15,16). The average Bonchev–Trinajstić information content (AvgIpc) is 2.93. The molecule has 0 amide bonds. The Morgan fingerprint density at radius 2 is 2.17 bits per heavy atom. The third kappa shape index (κ3) is 3.43. The van der Waals surface area contributed by atoms with Crippen LogP contribution >= 0.6 is 0 Å². The minimum Gasteiger partial charge on any atom is -0.407 e. The van der Waals surface area contributed by atoms with Crippen molar-refractivity contribution in [2.45, 2.75) is 24.7 Å². The van der Waals surface area contributed by atoms with E-state index in [-0.39, 0.29) is 11.9 Å². The van der Waals surface area contributed by atoms with Gasteiger partial charge in [-0.2, -0.15) is 5.26 Å². The first-order chi connectivity index (χ1) is 10.9. The van der Waals surface area contributed by atoms with Crippen LogP contribution in [-0.4, -0.2) is 23.5 Å². The van der Waals surface area contributed by atoms with E-state index in [0.717, 1.165) is 18.6 Å². The maximum absolute atomic E-state index is 12.3. The average molecular weight is 337 g/mol. The van der Waals surface area contributed by atoms with Crippen molar-refractivity contribution in [3.8, 4) is 6.07 Å². The van der Waals surface area contributed by atoms with Gasteiger partial charge < -0.3 is 4.42 Å². The Morgan fingerprint density at radius 1 is 1.43 bits per heavy atom. The number of sulfonamides is 1. The number of nitrogens with zero attached hydrogens (tertiary/aromatic N) is 4. The van der Waals surface area contributed by atoms with Crippen molar-refractivity contribution in [1.82, 2.24) is 10.2 Å². The second kappa shape index (κ2) is 6.41. The molecule has 0 aliphatic carbocycles. The fourth-order valence-corrected chi connectivity index (χ4v) is 2.89. The summed E-state index contributed by atoms with van der Waals surface area (Å²) in [4.78, 5) is 9.52. The highest BCUT2D eigenvalue weighted by Crippen LogP contribution is 2.26. The smallest absolute Gasteiger partial charge is 0.329 e. The van der Waals surface area contributed by atoms with Crippen molar-refractivity contribution in [3.05, 3.63) is 39.8 Å². The number of hydrogen-bond donors (Lipinski definition) is 1. The Labute approximate surface area is 131 Å². The number of anilines is 1. The number of benzene rings is 1. The van der Waals surface area contributed by atoms with Crippen LogP contribution in [0.2, 0.25) is 0 Å². The van der Waals surface area contributed by atoms with E-state index in [4.69, 9.17) is 9.68 Å². The summed E-state index contributed by atoms with van der Waals surface area (Å²) in [5.41, 5.74) is -1.18. The van der Waals surface area contributed by atoms with Gasteiger partial charge in [0.15, 0.2) is 5.56 Å². The number of aromatic nitrogens is 2. The number of nitro groups is 1. The molecule has 0 bridgehead atoms. The first kappa shape index (κ1) is 16.4. The van der Waals surface area contributed by atoms with Crippen molar-refractivity contribution < 1.29 is 17.8 Å². The fraction of sp³-hybridized carbons (Fsp3) is 0.250. The van der Waals surface area contributed by atoms with E-state index in [1.807, 2.05) is 11.6 Å². The van der Waals surface area contributed by atoms with Crippen LogP contribution in [0.5, 0.6) is 0 Å². The van der Waals surface area contributed by atoms with Gasteiger partial charge in [0.1, 0.15) is 11.0 Å². The first-order valence-electron chi connectivity index (χ1n) is 6.41. The number of aryl methyl sites for hydroxylation is 1. The van der Waals surface area contributed by atoms with E-state index in [1.165, 1.54) is 12.1 Å². The van der Waals surface area contributed by atoms with Crippen LogP contribution in [-0.2, 0) is 16.4 Å². The van der Waals surface area contributed by atoms with Crippen molar-refractivity contribution >= 4 is 21.7 Å². The third-order valence-electron chi connectivity index (χ3n) is 2.75. The van der Waals surface area contributed by atoms with Crippen molar-refractivity contribution in [3.63, 3.8) is 0 Å². The Hall–Kier alpha value is -3.00. The van der Waals surface area contributed by atoms with Crippen LogP contribution in [0, 0.1) is 21.4 Å². The molecular formula is C12H11N5O5S. The second-order valence-electron chi connectivity index (χ2n) is 4.38. The van der Waals surface area contributed by atoms with E-state index < -0.39 is 31.1 Å². The molecule has 0 aliphatic rings. The normalized spacial score (nSPS) is 11.0.